The van der Waals surface area contributed by atoms with Crippen LogP contribution in [-0.4, -0.2) is 22.7 Å². The molecule has 1 unspecified atom stereocenters. The lowest BCUT2D eigenvalue weighted by Crippen LogP contribution is -2.38. The van der Waals surface area contributed by atoms with E-state index < -0.39 is 5.60 Å². The Hall–Kier alpha value is -1.45. The van der Waals surface area contributed by atoms with E-state index in [2.05, 4.69) is 24.1 Å². The van der Waals surface area contributed by atoms with Crippen LogP contribution >= 0.6 is 0 Å². The van der Waals surface area contributed by atoms with Crippen LogP contribution in [0.15, 0.2) is 36.7 Å². The van der Waals surface area contributed by atoms with E-state index in [0.717, 1.165) is 16.3 Å². The van der Waals surface area contributed by atoms with E-state index in [0.29, 0.717) is 12.6 Å². The number of hydrogen-bond donors (Lipinski definition) is 2. The van der Waals surface area contributed by atoms with Gasteiger partial charge < -0.3 is 10.4 Å². The molecule has 0 aliphatic carbocycles. The van der Waals surface area contributed by atoms with Gasteiger partial charge in [-0.05, 0) is 23.9 Å². The SMILES string of the molecule is CC(C)NCC(C)(O)c1cccc2cnccc12. The monoisotopic (exact) mass is 244 g/mol. The summed E-state index contributed by atoms with van der Waals surface area (Å²) >= 11 is 0. The molecule has 1 atom stereocenters. The van der Waals surface area contributed by atoms with Crippen molar-refractivity contribution in [3.05, 3.63) is 42.2 Å². The molecule has 0 spiro atoms. The smallest absolute Gasteiger partial charge is 0.0998 e. The van der Waals surface area contributed by atoms with Gasteiger partial charge in [0.25, 0.3) is 0 Å². The summed E-state index contributed by atoms with van der Waals surface area (Å²) in [7, 11) is 0. The van der Waals surface area contributed by atoms with Crippen molar-refractivity contribution in [3.63, 3.8) is 0 Å². The molecule has 2 rings (SSSR count). The van der Waals surface area contributed by atoms with Crippen LogP contribution in [0.5, 0.6) is 0 Å². The fourth-order valence-corrected chi connectivity index (χ4v) is 2.09. The third-order valence-electron chi connectivity index (χ3n) is 3.12. The Kier molecular flexibility index (Phi) is 3.64. The van der Waals surface area contributed by atoms with Gasteiger partial charge in [0, 0.05) is 30.4 Å². The first-order chi connectivity index (χ1) is 8.50. The number of fused-ring (bicyclic) bond motifs is 1. The standard InChI is InChI=1S/C15H20N2O/c1-11(2)17-10-15(3,18)14-6-4-5-12-9-16-8-7-13(12)14/h4-9,11,17-18H,10H2,1-3H3. The first-order valence-electron chi connectivity index (χ1n) is 6.30. The fourth-order valence-electron chi connectivity index (χ4n) is 2.09. The van der Waals surface area contributed by atoms with Crippen LogP contribution in [0.1, 0.15) is 26.3 Å². The molecule has 0 aliphatic heterocycles. The van der Waals surface area contributed by atoms with Crippen molar-refractivity contribution in [2.24, 2.45) is 0 Å². The molecule has 0 bridgehead atoms. The average Bonchev–Trinajstić information content (AvgIpc) is 2.36. The van der Waals surface area contributed by atoms with Gasteiger partial charge in [0.1, 0.15) is 0 Å². The molecule has 2 N–H and O–H groups in total. The summed E-state index contributed by atoms with van der Waals surface area (Å²) in [6, 6.07) is 8.26. The lowest BCUT2D eigenvalue weighted by Gasteiger charge is -2.27. The van der Waals surface area contributed by atoms with Gasteiger partial charge >= 0.3 is 0 Å². The van der Waals surface area contributed by atoms with Gasteiger partial charge in [0.15, 0.2) is 0 Å². The maximum Gasteiger partial charge on any atom is 0.0998 e. The Morgan fingerprint density at radius 2 is 2.11 bits per heavy atom. The number of aliphatic hydroxyl groups is 1. The Balaban J connectivity index is 2.40. The molecule has 3 nitrogen and oxygen atoms in total. The van der Waals surface area contributed by atoms with E-state index >= 15 is 0 Å². The lowest BCUT2D eigenvalue weighted by molar-refractivity contribution is 0.0564. The third kappa shape index (κ3) is 2.68. The largest absolute Gasteiger partial charge is 0.384 e. The van der Waals surface area contributed by atoms with Gasteiger partial charge in [-0.3, -0.25) is 4.98 Å². The maximum atomic E-state index is 10.6. The zero-order valence-electron chi connectivity index (χ0n) is 11.1. The molecule has 1 aromatic heterocycles. The molecule has 0 saturated heterocycles. The number of hydrogen-bond acceptors (Lipinski definition) is 3. The van der Waals surface area contributed by atoms with E-state index in [-0.39, 0.29) is 0 Å². The second-order valence-electron chi connectivity index (χ2n) is 5.21. The van der Waals surface area contributed by atoms with Crippen molar-refractivity contribution in [1.82, 2.24) is 10.3 Å². The summed E-state index contributed by atoms with van der Waals surface area (Å²) in [5, 5.41) is 16.0. The zero-order chi connectivity index (χ0) is 13.2. The first kappa shape index (κ1) is 13.0. The minimum atomic E-state index is -0.884. The van der Waals surface area contributed by atoms with E-state index in [9.17, 15) is 5.11 Å². The number of benzene rings is 1. The van der Waals surface area contributed by atoms with Crippen LogP contribution in [0.4, 0.5) is 0 Å². The zero-order valence-corrected chi connectivity index (χ0v) is 11.1. The molecule has 0 saturated carbocycles. The van der Waals surface area contributed by atoms with Crippen LogP contribution in [0.25, 0.3) is 10.8 Å². The Morgan fingerprint density at radius 3 is 2.83 bits per heavy atom. The highest BCUT2D eigenvalue weighted by atomic mass is 16.3. The molecule has 3 heteroatoms. The van der Waals surface area contributed by atoms with Crippen LogP contribution < -0.4 is 5.32 Å². The quantitative estimate of drug-likeness (QED) is 0.868. The summed E-state index contributed by atoms with van der Waals surface area (Å²) in [6.45, 7) is 6.52. The van der Waals surface area contributed by atoms with Crippen LogP contribution in [0.2, 0.25) is 0 Å². The van der Waals surface area contributed by atoms with E-state index in [1.165, 1.54) is 0 Å². The Bertz CT molecular complexity index is 530. The number of nitrogens with zero attached hydrogens (tertiary/aromatic N) is 1. The van der Waals surface area contributed by atoms with Crippen LogP contribution in [0, 0.1) is 0 Å². The van der Waals surface area contributed by atoms with Crippen molar-refractivity contribution < 1.29 is 5.11 Å². The topological polar surface area (TPSA) is 45.1 Å². The van der Waals surface area contributed by atoms with Crippen molar-refractivity contribution >= 4 is 10.8 Å². The minimum Gasteiger partial charge on any atom is -0.384 e. The Morgan fingerprint density at radius 1 is 1.33 bits per heavy atom. The summed E-state index contributed by atoms with van der Waals surface area (Å²) in [5.41, 5.74) is 0.0565. The average molecular weight is 244 g/mol. The molecule has 0 radical (unpaired) electrons. The number of rotatable bonds is 4. The molecule has 0 fully saturated rings. The number of pyridine rings is 1. The van der Waals surface area contributed by atoms with Crippen LogP contribution in [0.3, 0.4) is 0 Å². The molecule has 0 aliphatic rings. The predicted octanol–water partition coefficient (Wildman–Crippen LogP) is 2.44. The fraction of sp³-hybridized carbons (Fsp3) is 0.400. The predicted molar refractivity (Wildman–Crippen MR) is 74.5 cm³/mol. The maximum absolute atomic E-state index is 10.6. The van der Waals surface area contributed by atoms with Crippen LogP contribution in [-0.2, 0) is 5.60 Å². The number of nitrogens with one attached hydrogen (secondary N) is 1. The summed E-state index contributed by atoms with van der Waals surface area (Å²) < 4.78 is 0. The van der Waals surface area contributed by atoms with Gasteiger partial charge in [-0.1, -0.05) is 32.0 Å². The Labute approximate surface area is 108 Å². The third-order valence-corrected chi connectivity index (χ3v) is 3.12. The normalized spacial score (nSPS) is 14.9. The minimum absolute atomic E-state index is 0.355. The molecule has 0 amide bonds. The van der Waals surface area contributed by atoms with Gasteiger partial charge in [-0.15, -0.1) is 0 Å². The second kappa shape index (κ2) is 5.04. The van der Waals surface area contributed by atoms with Gasteiger partial charge in [0.05, 0.1) is 5.60 Å². The molecular formula is C15H20N2O. The van der Waals surface area contributed by atoms with Crippen molar-refractivity contribution in [2.75, 3.05) is 6.54 Å². The highest BCUT2D eigenvalue weighted by Gasteiger charge is 2.24. The molecule has 1 aromatic carbocycles. The summed E-state index contributed by atoms with van der Waals surface area (Å²) in [5.74, 6) is 0. The molecule has 96 valence electrons. The first-order valence-corrected chi connectivity index (χ1v) is 6.30. The van der Waals surface area contributed by atoms with Crippen molar-refractivity contribution in [2.45, 2.75) is 32.4 Å². The van der Waals surface area contributed by atoms with E-state index in [1.807, 2.05) is 37.4 Å². The van der Waals surface area contributed by atoms with Gasteiger partial charge in [0.2, 0.25) is 0 Å². The second-order valence-corrected chi connectivity index (χ2v) is 5.21. The summed E-state index contributed by atoms with van der Waals surface area (Å²) in [6.07, 6.45) is 3.59. The van der Waals surface area contributed by atoms with E-state index in [1.54, 1.807) is 6.20 Å². The lowest BCUT2D eigenvalue weighted by atomic mass is 9.91. The van der Waals surface area contributed by atoms with Crippen molar-refractivity contribution in [1.29, 1.82) is 0 Å². The highest BCUT2D eigenvalue weighted by molar-refractivity contribution is 5.85. The molecule has 18 heavy (non-hydrogen) atoms. The molecular weight excluding hydrogens is 224 g/mol. The molecule has 2 aromatic rings. The summed E-state index contributed by atoms with van der Waals surface area (Å²) in [4.78, 5) is 4.11. The van der Waals surface area contributed by atoms with Gasteiger partial charge in [-0.2, -0.15) is 0 Å². The number of aromatic nitrogens is 1. The highest BCUT2D eigenvalue weighted by Crippen LogP contribution is 2.27. The van der Waals surface area contributed by atoms with E-state index in [4.69, 9.17) is 0 Å². The van der Waals surface area contributed by atoms with Crippen molar-refractivity contribution in [3.8, 4) is 0 Å². The molecule has 1 heterocycles. The van der Waals surface area contributed by atoms with Gasteiger partial charge in [-0.25, -0.2) is 0 Å².